The summed E-state index contributed by atoms with van der Waals surface area (Å²) < 4.78 is 4.79. The van der Waals surface area contributed by atoms with Gasteiger partial charge in [-0.3, -0.25) is 0 Å². The molecular formula is C13H17O2. The molecule has 1 aromatic rings. The van der Waals surface area contributed by atoms with Crippen LogP contribution in [0.15, 0.2) is 24.3 Å². The monoisotopic (exact) mass is 205 g/mol. The van der Waals surface area contributed by atoms with Crippen LogP contribution in [-0.4, -0.2) is 5.97 Å². The van der Waals surface area contributed by atoms with Gasteiger partial charge in [-0.1, -0.05) is 32.9 Å². The van der Waals surface area contributed by atoms with Crippen LogP contribution >= 0.6 is 0 Å². The molecule has 0 heterocycles. The van der Waals surface area contributed by atoms with E-state index in [1.165, 1.54) is 12.2 Å². The Balaban J connectivity index is 2.86. The van der Waals surface area contributed by atoms with Crippen LogP contribution in [0.3, 0.4) is 0 Å². The van der Waals surface area contributed by atoms with Gasteiger partial charge in [0.15, 0.2) is 0 Å². The van der Waals surface area contributed by atoms with Crippen molar-refractivity contribution < 1.29 is 9.53 Å². The highest BCUT2D eigenvalue weighted by atomic mass is 16.5. The fraction of sp³-hybridized carbons (Fsp3) is 0.385. The minimum atomic E-state index is -0.307. The molecule has 0 amide bonds. The highest BCUT2D eigenvalue weighted by molar-refractivity contribution is 5.89. The summed E-state index contributed by atoms with van der Waals surface area (Å²) >= 11 is 0. The van der Waals surface area contributed by atoms with Gasteiger partial charge in [0.05, 0.1) is 5.56 Å². The maximum absolute atomic E-state index is 11.4. The van der Waals surface area contributed by atoms with Gasteiger partial charge in [0.1, 0.15) is 6.61 Å². The van der Waals surface area contributed by atoms with Crippen molar-refractivity contribution in [3.05, 3.63) is 42.0 Å². The molecule has 81 valence electrons. The number of ether oxygens (including phenoxy) is 1. The first kappa shape index (κ1) is 11.8. The maximum Gasteiger partial charge on any atom is 0.338 e. The van der Waals surface area contributed by atoms with E-state index >= 15 is 0 Å². The van der Waals surface area contributed by atoms with E-state index in [2.05, 4.69) is 20.8 Å². The Morgan fingerprint density at radius 1 is 1.20 bits per heavy atom. The van der Waals surface area contributed by atoms with E-state index in [1.54, 1.807) is 19.1 Å². The van der Waals surface area contributed by atoms with Crippen molar-refractivity contribution in [2.24, 2.45) is 0 Å². The van der Waals surface area contributed by atoms with Crippen molar-refractivity contribution in [2.75, 3.05) is 0 Å². The molecule has 1 rings (SSSR count). The van der Waals surface area contributed by atoms with E-state index in [4.69, 9.17) is 4.74 Å². The van der Waals surface area contributed by atoms with Crippen LogP contribution in [0.25, 0.3) is 0 Å². The van der Waals surface area contributed by atoms with Crippen LogP contribution < -0.4 is 0 Å². The minimum absolute atomic E-state index is 0.110. The first-order valence-electron chi connectivity index (χ1n) is 5.04. The van der Waals surface area contributed by atoms with Crippen molar-refractivity contribution in [1.82, 2.24) is 0 Å². The standard InChI is InChI=1S/C13H17O2/c1-5-15-12(14)10-6-8-11(9-7-10)13(2,3)4/h5-9H,1-4H3. The summed E-state index contributed by atoms with van der Waals surface area (Å²) in [6.45, 7) is 9.49. The second kappa shape index (κ2) is 4.47. The molecule has 0 aliphatic heterocycles. The Bertz CT molecular complexity index is 331. The molecular weight excluding hydrogens is 188 g/mol. The van der Waals surface area contributed by atoms with Crippen LogP contribution in [0.2, 0.25) is 0 Å². The van der Waals surface area contributed by atoms with Gasteiger partial charge in [0.2, 0.25) is 0 Å². The summed E-state index contributed by atoms with van der Waals surface area (Å²) in [5.41, 5.74) is 1.90. The lowest BCUT2D eigenvalue weighted by Crippen LogP contribution is -2.11. The molecule has 0 aromatic heterocycles. The lowest BCUT2D eigenvalue weighted by atomic mass is 9.87. The summed E-state index contributed by atoms with van der Waals surface area (Å²) in [5.74, 6) is -0.307. The predicted molar refractivity (Wildman–Crippen MR) is 60.5 cm³/mol. The van der Waals surface area contributed by atoms with Crippen LogP contribution in [0.5, 0.6) is 0 Å². The SMILES string of the molecule is C[CH]OC(=O)c1ccc(C(C)(C)C)cc1. The summed E-state index contributed by atoms with van der Waals surface area (Å²) in [6.07, 6.45) is 0. The third-order valence-electron chi connectivity index (χ3n) is 2.21. The van der Waals surface area contributed by atoms with Gasteiger partial charge in [-0.25, -0.2) is 4.79 Å². The number of esters is 1. The average molecular weight is 205 g/mol. The fourth-order valence-corrected chi connectivity index (χ4v) is 1.28. The van der Waals surface area contributed by atoms with E-state index < -0.39 is 0 Å². The third kappa shape index (κ3) is 3.08. The lowest BCUT2D eigenvalue weighted by molar-refractivity contribution is 0.0612. The second-order valence-corrected chi connectivity index (χ2v) is 4.47. The molecule has 2 nitrogen and oxygen atoms in total. The smallest absolute Gasteiger partial charge is 0.338 e. The highest BCUT2D eigenvalue weighted by Crippen LogP contribution is 2.22. The Morgan fingerprint density at radius 3 is 2.13 bits per heavy atom. The number of rotatable bonds is 2. The number of hydrogen-bond donors (Lipinski definition) is 0. The normalized spacial score (nSPS) is 11.2. The zero-order chi connectivity index (χ0) is 11.5. The van der Waals surface area contributed by atoms with Gasteiger partial charge in [-0.2, -0.15) is 0 Å². The molecule has 0 spiro atoms. The Hall–Kier alpha value is -1.31. The zero-order valence-electron chi connectivity index (χ0n) is 9.70. The molecule has 0 atom stereocenters. The predicted octanol–water partition coefficient (Wildman–Crippen LogP) is 3.32. The lowest BCUT2D eigenvalue weighted by Gasteiger charge is -2.18. The molecule has 0 aliphatic rings. The number of carbonyl (C=O) groups is 1. The molecule has 0 saturated carbocycles. The molecule has 0 unspecified atom stereocenters. The van der Waals surface area contributed by atoms with Gasteiger partial charge >= 0.3 is 5.97 Å². The van der Waals surface area contributed by atoms with E-state index in [1.807, 2.05) is 12.1 Å². The molecule has 0 bridgehead atoms. The summed E-state index contributed by atoms with van der Waals surface area (Å²) in [6, 6.07) is 7.53. The van der Waals surface area contributed by atoms with E-state index in [9.17, 15) is 4.79 Å². The zero-order valence-corrected chi connectivity index (χ0v) is 9.70. The Labute approximate surface area is 91.3 Å². The second-order valence-electron chi connectivity index (χ2n) is 4.47. The van der Waals surface area contributed by atoms with Gasteiger partial charge < -0.3 is 4.74 Å². The van der Waals surface area contributed by atoms with Gasteiger partial charge in [0.25, 0.3) is 0 Å². The molecule has 2 heteroatoms. The Morgan fingerprint density at radius 2 is 1.73 bits per heavy atom. The van der Waals surface area contributed by atoms with Crippen LogP contribution in [-0.2, 0) is 10.2 Å². The van der Waals surface area contributed by atoms with Gasteiger partial charge in [-0.05, 0) is 30.0 Å². The van der Waals surface area contributed by atoms with Crippen LogP contribution in [0.1, 0.15) is 43.6 Å². The van der Waals surface area contributed by atoms with Crippen molar-refractivity contribution in [1.29, 1.82) is 0 Å². The summed E-state index contributed by atoms with van der Waals surface area (Å²) in [7, 11) is 0. The first-order chi connectivity index (χ1) is 6.95. The van der Waals surface area contributed by atoms with Crippen molar-refractivity contribution >= 4 is 5.97 Å². The van der Waals surface area contributed by atoms with Crippen LogP contribution in [0, 0.1) is 6.61 Å². The first-order valence-corrected chi connectivity index (χ1v) is 5.04. The van der Waals surface area contributed by atoms with E-state index in [0.717, 1.165) is 0 Å². The van der Waals surface area contributed by atoms with Crippen molar-refractivity contribution in [3.63, 3.8) is 0 Å². The van der Waals surface area contributed by atoms with Crippen molar-refractivity contribution in [3.8, 4) is 0 Å². The molecule has 1 aromatic carbocycles. The minimum Gasteiger partial charge on any atom is -0.455 e. The topological polar surface area (TPSA) is 26.3 Å². The molecule has 0 N–H and O–H groups in total. The molecule has 0 fully saturated rings. The quantitative estimate of drug-likeness (QED) is 0.692. The molecule has 1 radical (unpaired) electrons. The van der Waals surface area contributed by atoms with Gasteiger partial charge in [-0.15, -0.1) is 0 Å². The largest absolute Gasteiger partial charge is 0.455 e. The third-order valence-corrected chi connectivity index (χ3v) is 2.21. The van der Waals surface area contributed by atoms with Gasteiger partial charge in [0, 0.05) is 0 Å². The molecule has 0 aliphatic carbocycles. The number of benzene rings is 1. The Kier molecular flexibility index (Phi) is 3.51. The van der Waals surface area contributed by atoms with Crippen LogP contribution in [0.4, 0.5) is 0 Å². The fourth-order valence-electron chi connectivity index (χ4n) is 1.28. The molecule has 15 heavy (non-hydrogen) atoms. The number of hydrogen-bond acceptors (Lipinski definition) is 2. The maximum atomic E-state index is 11.4. The van der Waals surface area contributed by atoms with E-state index in [0.29, 0.717) is 5.56 Å². The highest BCUT2D eigenvalue weighted by Gasteiger charge is 2.14. The average Bonchev–Trinajstić information content (AvgIpc) is 2.17. The summed E-state index contributed by atoms with van der Waals surface area (Å²) in [5, 5.41) is 0. The number of carbonyl (C=O) groups excluding carboxylic acids is 1. The summed E-state index contributed by atoms with van der Waals surface area (Å²) in [4.78, 5) is 11.4. The van der Waals surface area contributed by atoms with E-state index in [-0.39, 0.29) is 11.4 Å². The molecule has 0 saturated heterocycles. The van der Waals surface area contributed by atoms with Crippen molar-refractivity contribution in [2.45, 2.75) is 33.1 Å².